The van der Waals surface area contributed by atoms with E-state index in [2.05, 4.69) is 17.1 Å². The van der Waals surface area contributed by atoms with Crippen LogP contribution in [0.2, 0.25) is 0 Å². The topological polar surface area (TPSA) is 32.3 Å². The van der Waals surface area contributed by atoms with Crippen molar-refractivity contribution in [2.45, 2.75) is 45.6 Å². The lowest BCUT2D eigenvalue weighted by atomic mass is 9.88. The van der Waals surface area contributed by atoms with Gasteiger partial charge in [0.15, 0.2) is 0 Å². The fourth-order valence-corrected chi connectivity index (χ4v) is 5.43. The Morgan fingerprint density at radius 2 is 2.00 bits per heavy atom. The smallest absolute Gasteiger partial charge is 0.256 e. The lowest BCUT2D eigenvalue weighted by Gasteiger charge is -2.21. The van der Waals surface area contributed by atoms with Gasteiger partial charge >= 0.3 is 0 Å². The molecule has 4 rings (SSSR count). The first-order valence-electron chi connectivity index (χ1n) is 9.43. The second-order valence-corrected chi connectivity index (χ2v) is 8.57. The number of fused-ring (bicyclic) bond motifs is 1. The summed E-state index contributed by atoms with van der Waals surface area (Å²) in [4.78, 5) is 16.7. The van der Waals surface area contributed by atoms with E-state index in [1.165, 1.54) is 48.4 Å². The second-order valence-electron chi connectivity index (χ2n) is 7.46. The minimum Gasteiger partial charge on any atom is -0.313 e. The van der Waals surface area contributed by atoms with Crippen molar-refractivity contribution in [1.82, 2.24) is 4.90 Å². The number of nitrogens with zero attached hydrogens (tertiary/aromatic N) is 1. The Balaban J connectivity index is 1.62. The van der Waals surface area contributed by atoms with E-state index >= 15 is 0 Å². The molecule has 2 aromatic rings. The largest absolute Gasteiger partial charge is 0.313 e. The summed E-state index contributed by atoms with van der Waals surface area (Å²) in [6, 6.07) is 9.54. The summed E-state index contributed by atoms with van der Waals surface area (Å²) < 4.78 is 0. The predicted octanol–water partition coefficient (Wildman–Crippen LogP) is 4.72. The molecule has 1 amide bonds. The Kier molecular flexibility index (Phi) is 4.91. The Labute approximate surface area is 154 Å². The van der Waals surface area contributed by atoms with Crippen molar-refractivity contribution in [3.05, 3.63) is 51.9 Å². The number of hydrogen-bond acceptors (Lipinski definition) is 3. The van der Waals surface area contributed by atoms with E-state index in [9.17, 15) is 4.79 Å². The van der Waals surface area contributed by atoms with E-state index in [1.807, 2.05) is 41.7 Å². The zero-order valence-corrected chi connectivity index (χ0v) is 15.7. The molecular weight excluding hydrogens is 328 g/mol. The average Bonchev–Trinajstić information content (AvgIpc) is 3.24. The first kappa shape index (κ1) is 16.8. The molecule has 0 radical (unpaired) electrons. The number of rotatable bonds is 4. The van der Waals surface area contributed by atoms with Gasteiger partial charge in [-0.25, -0.2) is 0 Å². The number of amides is 1. The molecule has 1 aliphatic carbocycles. The van der Waals surface area contributed by atoms with Gasteiger partial charge in [-0.3, -0.25) is 9.69 Å². The van der Waals surface area contributed by atoms with Crippen LogP contribution in [-0.4, -0.2) is 23.9 Å². The molecule has 0 saturated carbocycles. The zero-order valence-electron chi connectivity index (χ0n) is 14.9. The molecule has 1 saturated heterocycles. The van der Waals surface area contributed by atoms with Crippen molar-refractivity contribution in [2.24, 2.45) is 5.92 Å². The summed E-state index contributed by atoms with van der Waals surface area (Å²) in [6.07, 6.45) is 6.19. The van der Waals surface area contributed by atoms with Gasteiger partial charge in [-0.05, 0) is 68.8 Å². The van der Waals surface area contributed by atoms with Crippen LogP contribution in [0.1, 0.15) is 52.5 Å². The molecule has 2 heterocycles. The quantitative estimate of drug-likeness (QED) is 0.861. The van der Waals surface area contributed by atoms with Gasteiger partial charge in [0, 0.05) is 22.5 Å². The van der Waals surface area contributed by atoms with Gasteiger partial charge in [0.05, 0.1) is 0 Å². The van der Waals surface area contributed by atoms with Crippen molar-refractivity contribution in [2.75, 3.05) is 18.4 Å². The zero-order chi connectivity index (χ0) is 17.2. The fourth-order valence-electron chi connectivity index (χ4n) is 4.01. The number of hydrogen-bond donors (Lipinski definition) is 1. The number of nitrogens with one attached hydrogen (secondary N) is 1. The molecule has 0 bridgehead atoms. The normalized spacial score (nSPS) is 20.4. The number of likely N-dealkylation sites (tertiary alicyclic amines) is 1. The Morgan fingerprint density at radius 1 is 1.24 bits per heavy atom. The molecule has 2 aliphatic rings. The summed E-state index contributed by atoms with van der Waals surface area (Å²) in [5, 5.41) is 4.31. The van der Waals surface area contributed by atoms with Crippen molar-refractivity contribution in [1.29, 1.82) is 0 Å². The van der Waals surface area contributed by atoms with Gasteiger partial charge in [0.1, 0.15) is 5.00 Å². The van der Waals surface area contributed by atoms with Crippen molar-refractivity contribution >= 4 is 22.2 Å². The van der Waals surface area contributed by atoms with Crippen LogP contribution in [0.4, 0.5) is 5.00 Å². The first-order valence-corrected chi connectivity index (χ1v) is 10.2. The van der Waals surface area contributed by atoms with E-state index in [-0.39, 0.29) is 5.91 Å². The first-order chi connectivity index (χ1) is 12.2. The van der Waals surface area contributed by atoms with Crippen LogP contribution < -0.4 is 5.32 Å². The molecule has 0 spiro atoms. The lowest BCUT2D eigenvalue weighted by molar-refractivity contribution is 0.102. The third-order valence-electron chi connectivity index (χ3n) is 5.46. The van der Waals surface area contributed by atoms with Gasteiger partial charge in [0.2, 0.25) is 0 Å². The molecule has 1 atom stereocenters. The number of thiophene rings is 1. The summed E-state index contributed by atoms with van der Waals surface area (Å²) >= 11 is 1.81. The number of carbonyl (C=O) groups excluding carboxylic acids is 1. The molecule has 1 aromatic carbocycles. The van der Waals surface area contributed by atoms with Crippen LogP contribution in [0.5, 0.6) is 0 Å². The highest BCUT2D eigenvalue weighted by molar-refractivity contribution is 7.16. The Hall–Kier alpha value is -1.65. The van der Waals surface area contributed by atoms with Crippen LogP contribution in [0.25, 0.3) is 0 Å². The minimum atomic E-state index is 0.00918. The lowest BCUT2D eigenvalue weighted by Crippen LogP contribution is -2.21. The molecule has 1 unspecified atom stereocenters. The molecule has 1 aromatic heterocycles. The molecule has 1 fully saturated rings. The standard InChI is InChI=1S/C21H26N2OS/c1-15-9-10-17-18(14-23-11-5-6-12-23)21(25-19(17)13-15)22-20(24)16-7-3-2-4-8-16/h2-4,7-8,15H,5-6,9-14H2,1H3,(H,22,24). The SMILES string of the molecule is CC1CCc2c(sc(NC(=O)c3ccccc3)c2CN2CCCC2)C1. The van der Waals surface area contributed by atoms with Gasteiger partial charge in [0.25, 0.3) is 5.91 Å². The number of anilines is 1. The van der Waals surface area contributed by atoms with Gasteiger partial charge in [-0.2, -0.15) is 0 Å². The third kappa shape index (κ3) is 3.65. The van der Waals surface area contributed by atoms with Gasteiger partial charge in [-0.1, -0.05) is 25.1 Å². The summed E-state index contributed by atoms with van der Waals surface area (Å²) in [7, 11) is 0. The summed E-state index contributed by atoms with van der Waals surface area (Å²) in [5.74, 6) is 0.762. The third-order valence-corrected chi connectivity index (χ3v) is 6.68. The van der Waals surface area contributed by atoms with Crippen LogP contribution >= 0.6 is 11.3 Å². The van der Waals surface area contributed by atoms with Crippen LogP contribution in [0.3, 0.4) is 0 Å². The van der Waals surface area contributed by atoms with E-state index in [4.69, 9.17) is 0 Å². The van der Waals surface area contributed by atoms with E-state index in [0.717, 1.165) is 35.9 Å². The minimum absolute atomic E-state index is 0.00918. The highest BCUT2D eigenvalue weighted by Gasteiger charge is 2.26. The maximum atomic E-state index is 12.7. The van der Waals surface area contributed by atoms with Crippen molar-refractivity contribution < 1.29 is 4.79 Å². The maximum absolute atomic E-state index is 12.7. The van der Waals surface area contributed by atoms with Crippen LogP contribution in [0, 0.1) is 5.92 Å². The maximum Gasteiger partial charge on any atom is 0.256 e. The Morgan fingerprint density at radius 3 is 2.76 bits per heavy atom. The monoisotopic (exact) mass is 354 g/mol. The van der Waals surface area contributed by atoms with Crippen molar-refractivity contribution in [3.8, 4) is 0 Å². The molecule has 4 heteroatoms. The van der Waals surface area contributed by atoms with Gasteiger partial charge < -0.3 is 5.32 Å². The van der Waals surface area contributed by atoms with E-state index < -0.39 is 0 Å². The van der Waals surface area contributed by atoms with Crippen molar-refractivity contribution in [3.63, 3.8) is 0 Å². The van der Waals surface area contributed by atoms with Crippen LogP contribution in [0.15, 0.2) is 30.3 Å². The Bertz CT molecular complexity index is 747. The molecule has 1 aliphatic heterocycles. The summed E-state index contributed by atoms with van der Waals surface area (Å²) in [5.41, 5.74) is 3.64. The van der Waals surface area contributed by atoms with E-state index in [0.29, 0.717) is 0 Å². The molecular formula is C21H26N2OS. The van der Waals surface area contributed by atoms with E-state index in [1.54, 1.807) is 0 Å². The number of benzene rings is 1. The fraction of sp³-hybridized carbons (Fsp3) is 0.476. The second kappa shape index (κ2) is 7.30. The molecule has 1 N–H and O–H groups in total. The highest BCUT2D eigenvalue weighted by atomic mass is 32.1. The number of carbonyl (C=O) groups is 1. The van der Waals surface area contributed by atoms with Crippen LogP contribution in [-0.2, 0) is 19.4 Å². The molecule has 132 valence electrons. The molecule has 25 heavy (non-hydrogen) atoms. The predicted molar refractivity (Wildman–Crippen MR) is 104 cm³/mol. The average molecular weight is 355 g/mol. The summed E-state index contributed by atoms with van der Waals surface area (Å²) in [6.45, 7) is 5.70. The highest BCUT2D eigenvalue weighted by Crippen LogP contribution is 2.40. The van der Waals surface area contributed by atoms with Gasteiger partial charge in [-0.15, -0.1) is 11.3 Å². The molecule has 3 nitrogen and oxygen atoms in total.